The predicted octanol–water partition coefficient (Wildman–Crippen LogP) is 3.94. The first-order valence-electron chi connectivity index (χ1n) is 7.08. The molecule has 1 heterocycles. The van der Waals surface area contributed by atoms with Crippen LogP contribution < -0.4 is 5.32 Å². The van der Waals surface area contributed by atoms with Crippen molar-refractivity contribution in [3.05, 3.63) is 47.5 Å². The van der Waals surface area contributed by atoms with Gasteiger partial charge in [-0.2, -0.15) is 23.1 Å². The molecule has 3 rings (SSSR count). The number of hydrogen-bond donors (Lipinski definition) is 1. The molecule has 0 spiro atoms. The largest absolute Gasteiger partial charge is 0.451 e. The summed E-state index contributed by atoms with van der Waals surface area (Å²) in [5.74, 6) is -0.908. The predicted molar refractivity (Wildman–Crippen MR) is 75.3 cm³/mol. The molecule has 1 aliphatic rings. The Morgan fingerprint density at radius 3 is 2.36 bits per heavy atom. The van der Waals surface area contributed by atoms with E-state index >= 15 is 0 Å². The molecule has 1 atom stereocenters. The summed E-state index contributed by atoms with van der Waals surface area (Å²) >= 11 is 0. The summed E-state index contributed by atoms with van der Waals surface area (Å²) in [6, 6.07) is 9.22. The van der Waals surface area contributed by atoms with E-state index < -0.39 is 12.0 Å². The quantitative estimate of drug-likeness (QED) is 0.929. The third-order valence-corrected chi connectivity index (χ3v) is 3.49. The maximum Gasteiger partial charge on any atom is 0.451 e. The van der Waals surface area contributed by atoms with Gasteiger partial charge in [0, 0.05) is 5.92 Å². The molecule has 0 bridgehead atoms. The fraction of sp³-hybridized carbons (Fsp3) is 0.400. The molecule has 7 heteroatoms. The van der Waals surface area contributed by atoms with E-state index in [0.29, 0.717) is 0 Å². The first-order valence-corrected chi connectivity index (χ1v) is 7.08. The van der Waals surface area contributed by atoms with Crippen LogP contribution in [0.25, 0.3) is 0 Å². The number of halogens is 3. The van der Waals surface area contributed by atoms with Crippen LogP contribution in [0.2, 0.25) is 0 Å². The second-order valence-corrected chi connectivity index (χ2v) is 5.39. The van der Waals surface area contributed by atoms with Crippen molar-refractivity contribution in [3.63, 3.8) is 0 Å². The summed E-state index contributed by atoms with van der Waals surface area (Å²) in [6.07, 6.45) is -2.91. The standard InChI is InChI=1S/C15H15F3N4/c1-9(10-5-3-2-4-6-10)19-14-21-12(11-7-8-11)20-13(22-14)15(16,17)18/h2-6,9,11H,7-8H2,1H3,(H,19,20,21,22)/t9-/m0/s1. The summed E-state index contributed by atoms with van der Waals surface area (Å²) in [4.78, 5) is 11.2. The van der Waals surface area contributed by atoms with Gasteiger partial charge in [-0.1, -0.05) is 30.3 Å². The highest BCUT2D eigenvalue weighted by Crippen LogP contribution is 2.39. The second kappa shape index (κ2) is 5.55. The molecule has 1 aliphatic carbocycles. The third kappa shape index (κ3) is 3.35. The Morgan fingerprint density at radius 2 is 1.77 bits per heavy atom. The van der Waals surface area contributed by atoms with Crippen LogP contribution in [0.15, 0.2) is 30.3 Å². The molecule has 0 radical (unpaired) electrons. The lowest BCUT2D eigenvalue weighted by Crippen LogP contribution is -2.18. The van der Waals surface area contributed by atoms with E-state index in [4.69, 9.17) is 0 Å². The molecule has 4 nitrogen and oxygen atoms in total. The molecular formula is C15H15F3N4. The number of alkyl halides is 3. The SMILES string of the molecule is C[C@H](Nc1nc(C2CC2)nc(C(F)(F)F)n1)c1ccccc1. The molecule has 0 amide bonds. The fourth-order valence-electron chi connectivity index (χ4n) is 2.13. The van der Waals surface area contributed by atoms with E-state index in [-0.39, 0.29) is 23.7 Å². The van der Waals surface area contributed by atoms with Gasteiger partial charge in [0.2, 0.25) is 11.8 Å². The Kier molecular flexibility index (Phi) is 3.72. The van der Waals surface area contributed by atoms with Crippen molar-refractivity contribution >= 4 is 5.95 Å². The number of nitrogens with one attached hydrogen (secondary N) is 1. The molecule has 1 saturated carbocycles. The van der Waals surface area contributed by atoms with Crippen molar-refractivity contribution in [1.29, 1.82) is 0 Å². The number of aromatic nitrogens is 3. The summed E-state index contributed by atoms with van der Waals surface area (Å²) < 4.78 is 38.7. The Hall–Kier alpha value is -2.18. The van der Waals surface area contributed by atoms with Crippen LogP contribution in [0.1, 0.15) is 48.9 Å². The molecule has 1 aromatic heterocycles. The van der Waals surface area contributed by atoms with Gasteiger partial charge in [0.15, 0.2) is 0 Å². The van der Waals surface area contributed by atoms with E-state index in [1.807, 2.05) is 37.3 Å². The zero-order chi connectivity index (χ0) is 15.7. The highest BCUT2D eigenvalue weighted by molar-refractivity contribution is 5.32. The minimum Gasteiger partial charge on any atom is -0.348 e. The van der Waals surface area contributed by atoms with Crippen LogP contribution in [0, 0.1) is 0 Å². The lowest BCUT2D eigenvalue weighted by molar-refractivity contribution is -0.145. The molecule has 0 aliphatic heterocycles. The monoisotopic (exact) mass is 308 g/mol. The van der Waals surface area contributed by atoms with E-state index in [2.05, 4.69) is 20.3 Å². The molecule has 116 valence electrons. The van der Waals surface area contributed by atoms with Crippen LogP contribution in [0.3, 0.4) is 0 Å². The second-order valence-electron chi connectivity index (χ2n) is 5.39. The number of benzene rings is 1. The molecule has 0 saturated heterocycles. The van der Waals surface area contributed by atoms with Gasteiger partial charge in [-0.05, 0) is 25.3 Å². The number of hydrogen-bond acceptors (Lipinski definition) is 4. The third-order valence-electron chi connectivity index (χ3n) is 3.49. The maximum absolute atomic E-state index is 12.9. The zero-order valence-electron chi connectivity index (χ0n) is 11.9. The molecule has 1 fully saturated rings. The summed E-state index contributed by atoms with van der Waals surface area (Å²) in [7, 11) is 0. The molecule has 1 aromatic carbocycles. The Labute approximate surface area is 125 Å². The smallest absolute Gasteiger partial charge is 0.348 e. The lowest BCUT2D eigenvalue weighted by atomic mass is 10.1. The van der Waals surface area contributed by atoms with Crippen LogP contribution in [0.5, 0.6) is 0 Å². The van der Waals surface area contributed by atoms with Crippen molar-refractivity contribution < 1.29 is 13.2 Å². The molecule has 2 aromatic rings. The van der Waals surface area contributed by atoms with E-state index in [9.17, 15) is 13.2 Å². The van der Waals surface area contributed by atoms with Gasteiger partial charge in [-0.25, -0.2) is 4.98 Å². The van der Waals surface area contributed by atoms with Gasteiger partial charge in [0.25, 0.3) is 0 Å². The molecule has 0 unspecified atom stereocenters. The van der Waals surface area contributed by atoms with Gasteiger partial charge < -0.3 is 5.32 Å². The molecule has 1 N–H and O–H groups in total. The first kappa shape index (κ1) is 14.7. The molecule has 22 heavy (non-hydrogen) atoms. The fourth-order valence-corrected chi connectivity index (χ4v) is 2.13. The van der Waals surface area contributed by atoms with E-state index in [0.717, 1.165) is 18.4 Å². The van der Waals surface area contributed by atoms with Crippen molar-refractivity contribution in [2.75, 3.05) is 5.32 Å². The van der Waals surface area contributed by atoms with Crippen LogP contribution in [-0.2, 0) is 6.18 Å². The van der Waals surface area contributed by atoms with Crippen molar-refractivity contribution in [3.8, 4) is 0 Å². The summed E-state index contributed by atoms with van der Waals surface area (Å²) in [6.45, 7) is 1.85. The summed E-state index contributed by atoms with van der Waals surface area (Å²) in [5.41, 5.74) is 0.949. The van der Waals surface area contributed by atoms with Crippen molar-refractivity contribution in [2.45, 2.75) is 37.9 Å². The first-order chi connectivity index (χ1) is 10.4. The van der Waals surface area contributed by atoms with E-state index in [1.165, 1.54) is 0 Å². The Bertz CT molecular complexity index is 654. The van der Waals surface area contributed by atoms with Gasteiger partial charge in [-0.15, -0.1) is 0 Å². The van der Waals surface area contributed by atoms with Gasteiger partial charge in [0.1, 0.15) is 5.82 Å². The normalized spacial score (nSPS) is 16.4. The highest BCUT2D eigenvalue weighted by atomic mass is 19.4. The zero-order valence-corrected chi connectivity index (χ0v) is 11.9. The summed E-state index contributed by atoms with van der Waals surface area (Å²) in [5, 5.41) is 2.93. The average molecular weight is 308 g/mol. The van der Waals surface area contributed by atoms with Gasteiger partial charge in [0.05, 0.1) is 6.04 Å². The minimum absolute atomic E-state index is 0.0247. The maximum atomic E-state index is 12.9. The van der Waals surface area contributed by atoms with Crippen LogP contribution >= 0.6 is 0 Å². The van der Waals surface area contributed by atoms with Crippen LogP contribution in [-0.4, -0.2) is 15.0 Å². The number of anilines is 1. The van der Waals surface area contributed by atoms with Gasteiger partial charge in [-0.3, -0.25) is 0 Å². The number of rotatable bonds is 4. The van der Waals surface area contributed by atoms with E-state index in [1.54, 1.807) is 0 Å². The van der Waals surface area contributed by atoms with Crippen molar-refractivity contribution in [1.82, 2.24) is 15.0 Å². The Morgan fingerprint density at radius 1 is 1.09 bits per heavy atom. The Balaban J connectivity index is 1.88. The molecular weight excluding hydrogens is 293 g/mol. The highest BCUT2D eigenvalue weighted by Gasteiger charge is 2.38. The van der Waals surface area contributed by atoms with Crippen molar-refractivity contribution in [2.24, 2.45) is 0 Å². The lowest BCUT2D eigenvalue weighted by Gasteiger charge is -2.16. The topological polar surface area (TPSA) is 50.7 Å². The van der Waals surface area contributed by atoms with Crippen LogP contribution in [0.4, 0.5) is 19.1 Å². The van der Waals surface area contributed by atoms with Gasteiger partial charge >= 0.3 is 6.18 Å². The average Bonchev–Trinajstić information content (AvgIpc) is 3.31. The number of nitrogens with zero attached hydrogens (tertiary/aromatic N) is 3. The minimum atomic E-state index is -4.57.